The number of hydrogen-bond donors (Lipinski definition) is 1. The highest BCUT2D eigenvalue weighted by Gasteiger charge is 2.17. The first-order chi connectivity index (χ1) is 10.3. The number of ether oxygens (including phenoxy) is 3. The van der Waals surface area contributed by atoms with Crippen molar-refractivity contribution in [1.29, 1.82) is 0 Å². The third-order valence-corrected chi connectivity index (χ3v) is 3.65. The fourth-order valence-corrected chi connectivity index (χ4v) is 2.52. The largest absolute Gasteiger partial charge is 0.497 e. The van der Waals surface area contributed by atoms with Crippen molar-refractivity contribution >= 4 is 0 Å². The molecule has 2 N–H and O–H groups in total. The Hall–Kier alpha value is -2.20. The van der Waals surface area contributed by atoms with Crippen molar-refractivity contribution in [3.05, 3.63) is 42.0 Å². The van der Waals surface area contributed by atoms with Crippen LogP contribution in [0, 0.1) is 0 Å². The minimum absolute atomic E-state index is 0.289. The highest BCUT2D eigenvalue weighted by Crippen LogP contribution is 2.39. The molecular weight excluding hydrogens is 266 g/mol. The predicted octanol–water partition coefficient (Wildman–Crippen LogP) is 2.98. The molecule has 0 unspecified atom stereocenters. The SMILES string of the molecule is COc1ccc(-c2cc3c(cc2CCCN)OCO3)cc1. The van der Waals surface area contributed by atoms with E-state index in [0.29, 0.717) is 6.54 Å². The van der Waals surface area contributed by atoms with Gasteiger partial charge in [-0.15, -0.1) is 0 Å². The molecule has 0 aliphatic carbocycles. The Bertz CT molecular complexity index is 623. The maximum Gasteiger partial charge on any atom is 0.231 e. The third-order valence-electron chi connectivity index (χ3n) is 3.65. The summed E-state index contributed by atoms with van der Waals surface area (Å²) >= 11 is 0. The molecule has 4 nitrogen and oxygen atoms in total. The lowest BCUT2D eigenvalue weighted by molar-refractivity contribution is 0.174. The van der Waals surface area contributed by atoms with Gasteiger partial charge in [0.2, 0.25) is 6.79 Å². The smallest absolute Gasteiger partial charge is 0.231 e. The van der Waals surface area contributed by atoms with E-state index in [1.165, 1.54) is 5.56 Å². The van der Waals surface area contributed by atoms with E-state index in [1.54, 1.807) is 7.11 Å². The molecule has 110 valence electrons. The summed E-state index contributed by atoms with van der Waals surface area (Å²) in [6, 6.07) is 12.2. The molecule has 0 atom stereocenters. The predicted molar refractivity (Wildman–Crippen MR) is 81.9 cm³/mol. The highest BCUT2D eigenvalue weighted by molar-refractivity contribution is 5.72. The van der Waals surface area contributed by atoms with Gasteiger partial charge in [0.05, 0.1) is 7.11 Å². The van der Waals surface area contributed by atoms with E-state index in [9.17, 15) is 0 Å². The highest BCUT2D eigenvalue weighted by atomic mass is 16.7. The van der Waals surface area contributed by atoms with Gasteiger partial charge in [-0.1, -0.05) is 12.1 Å². The van der Waals surface area contributed by atoms with Crippen molar-refractivity contribution in [1.82, 2.24) is 0 Å². The zero-order valence-corrected chi connectivity index (χ0v) is 12.1. The van der Waals surface area contributed by atoms with Gasteiger partial charge in [-0.3, -0.25) is 0 Å². The number of methoxy groups -OCH3 is 1. The van der Waals surface area contributed by atoms with E-state index in [2.05, 4.69) is 24.3 Å². The van der Waals surface area contributed by atoms with Crippen LogP contribution in [0.1, 0.15) is 12.0 Å². The van der Waals surface area contributed by atoms with Gasteiger partial charge < -0.3 is 19.9 Å². The Morgan fingerprint density at radius 2 is 1.81 bits per heavy atom. The van der Waals surface area contributed by atoms with E-state index in [1.807, 2.05) is 12.1 Å². The molecule has 4 heteroatoms. The molecule has 0 radical (unpaired) electrons. The van der Waals surface area contributed by atoms with Crippen LogP contribution in [0.4, 0.5) is 0 Å². The summed E-state index contributed by atoms with van der Waals surface area (Å²) in [5.41, 5.74) is 9.18. The molecule has 0 bridgehead atoms. The maximum atomic E-state index is 5.64. The molecule has 2 aromatic rings. The number of aryl methyl sites for hydroxylation is 1. The second-order valence-corrected chi connectivity index (χ2v) is 4.98. The fraction of sp³-hybridized carbons (Fsp3) is 0.294. The summed E-state index contributed by atoms with van der Waals surface area (Å²) < 4.78 is 16.2. The lowest BCUT2D eigenvalue weighted by Crippen LogP contribution is -2.01. The molecule has 2 aromatic carbocycles. The quantitative estimate of drug-likeness (QED) is 0.917. The second-order valence-electron chi connectivity index (χ2n) is 4.98. The average Bonchev–Trinajstić information content (AvgIpc) is 2.99. The summed E-state index contributed by atoms with van der Waals surface area (Å²) in [4.78, 5) is 0. The second kappa shape index (κ2) is 6.06. The Kier molecular flexibility index (Phi) is 3.97. The average molecular weight is 285 g/mol. The van der Waals surface area contributed by atoms with Crippen molar-refractivity contribution in [2.24, 2.45) is 5.73 Å². The van der Waals surface area contributed by atoms with Crippen LogP contribution in [-0.2, 0) is 6.42 Å². The molecule has 0 amide bonds. The van der Waals surface area contributed by atoms with Gasteiger partial charge in [-0.2, -0.15) is 0 Å². The monoisotopic (exact) mass is 285 g/mol. The molecule has 1 heterocycles. The van der Waals surface area contributed by atoms with Crippen LogP contribution in [0.2, 0.25) is 0 Å². The zero-order valence-electron chi connectivity index (χ0n) is 12.1. The van der Waals surface area contributed by atoms with Crippen LogP contribution in [0.25, 0.3) is 11.1 Å². The first-order valence-corrected chi connectivity index (χ1v) is 7.09. The molecule has 1 aliphatic rings. The minimum Gasteiger partial charge on any atom is -0.497 e. The minimum atomic E-state index is 0.289. The Morgan fingerprint density at radius 1 is 1.10 bits per heavy atom. The lowest BCUT2D eigenvalue weighted by atomic mass is 9.96. The zero-order chi connectivity index (χ0) is 14.7. The van der Waals surface area contributed by atoms with Crippen molar-refractivity contribution < 1.29 is 14.2 Å². The number of benzene rings is 2. The maximum absolute atomic E-state index is 5.64. The molecule has 0 fully saturated rings. The molecule has 0 spiro atoms. The lowest BCUT2D eigenvalue weighted by Gasteiger charge is -2.12. The van der Waals surface area contributed by atoms with Crippen molar-refractivity contribution in [2.75, 3.05) is 20.4 Å². The van der Waals surface area contributed by atoms with E-state index in [4.69, 9.17) is 19.9 Å². The van der Waals surface area contributed by atoms with E-state index in [-0.39, 0.29) is 6.79 Å². The van der Waals surface area contributed by atoms with Gasteiger partial charge in [0.25, 0.3) is 0 Å². The number of fused-ring (bicyclic) bond motifs is 1. The molecule has 1 aliphatic heterocycles. The molecule has 21 heavy (non-hydrogen) atoms. The molecular formula is C17H19NO3. The number of nitrogens with two attached hydrogens (primary N) is 1. The van der Waals surface area contributed by atoms with Crippen molar-refractivity contribution in [3.63, 3.8) is 0 Å². The van der Waals surface area contributed by atoms with Crippen LogP contribution < -0.4 is 19.9 Å². The van der Waals surface area contributed by atoms with E-state index >= 15 is 0 Å². The van der Waals surface area contributed by atoms with Gasteiger partial charge in [-0.05, 0) is 60.3 Å². The fourth-order valence-electron chi connectivity index (χ4n) is 2.52. The third kappa shape index (κ3) is 2.81. The summed E-state index contributed by atoms with van der Waals surface area (Å²) in [5.74, 6) is 2.47. The summed E-state index contributed by atoms with van der Waals surface area (Å²) in [7, 11) is 1.67. The van der Waals surface area contributed by atoms with Gasteiger partial charge in [0.15, 0.2) is 11.5 Å². The molecule has 0 aromatic heterocycles. The van der Waals surface area contributed by atoms with Crippen LogP contribution in [0.5, 0.6) is 17.2 Å². The first kappa shape index (κ1) is 13.8. The Morgan fingerprint density at radius 3 is 2.48 bits per heavy atom. The summed E-state index contributed by atoms with van der Waals surface area (Å²) in [6.45, 7) is 0.966. The van der Waals surface area contributed by atoms with Gasteiger partial charge in [-0.25, -0.2) is 0 Å². The molecule has 0 saturated heterocycles. The number of rotatable bonds is 5. The van der Waals surface area contributed by atoms with Gasteiger partial charge >= 0.3 is 0 Å². The first-order valence-electron chi connectivity index (χ1n) is 7.09. The summed E-state index contributed by atoms with van der Waals surface area (Å²) in [6.07, 6.45) is 1.87. The van der Waals surface area contributed by atoms with Crippen molar-refractivity contribution in [2.45, 2.75) is 12.8 Å². The van der Waals surface area contributed by atoms with Crippen LogP contribution in [0.3, 0.4) is 0 Å². The van der Waals surface area contributed by atoms with Crippen LogP contribution in [-0.4, -0.2) is 20.4 Å². The Balaban J connectivity index is 2.01. The normalized spacial score (nSPS) is 12.5. The molecule has 3 rings (SSSR count). The topological polar surface area (TPSA) is 53.7 Å². The van der Waals surface area contributed by atoms with E-state index in [0.717, 1.165) is 41.2 Å². The van der Waals surface area contributed by atoms with E-state index < -0.39 is 0 Å². The summed E-state index contributed by atoms with van der Waals surface area (Å²) in [5, 5.41) is 0. The van der Waals surface area contributed by atoms with Gasteiger partial charge in [0, 0.05) is 0 Å². The molecule has 0 saturated carbocycles. The van der Waals surface area contributed by atoms with Crippen molar-refractivity contribution in [3.8, 4) is 28.4 Å². The standard InChI is InChI=1S/C17H19NO3/c1-19-14-6-4-12(5-7-14)15-10-17-16(20-11-21-17)9-13(15)3-2-8-18/h4-7,9-10H,2-3,8,11,18H2,1H3. The number of hydrogen-bond acceptors (Lipinski definition) is 4. The van der Waals surface area contributed by atoms with Crippen LogP contribution in [0.15, 0.2) is 36.4 Å². The Labute approximate surface area is 124 Å². The van der Waals surface area contributed by atoms with Gasteiger partial charge in [0.1, 0.15) is 5.75 Å². The van der Waals surface area contributed by atoms with Crippen LogP contribution >= 0.6 is 0 Å².